The quantitative estimate of drug-likeness (QED) is 0.295. The Bertz CT molecular complexity index is 859. The number of primary amides is 1. The van der Waals surface area contributed by atoms with Crippen LogP contribution in [0.1, 0.15) is 16.2 Å². The van der Waals surface area contributed by atoms with Crippen LogP contribution in [0.5, 0.6) is 0 Å². The number of aromatic nitrogens is 2. The Morgan fingerprint density at radius 3 is 2.31 bits per heavy atom. The van der Waals surface area contributed by atoms with Crippen molar-refractivity contribution in [2.24, 2.45) is 17.2 Å². The summed E-state index contributed by atoms with van der Waals surface area (Å²) in [5.74, 6) is -0.727. The van der Waals surface area contributed by atoms with Crippen LogP contribution in [-0.2, 0) is 4.79 Å². The molecule has 7 nitrogen and oxygen atoms in total. The number of hydrogen-bond acceptors (Lipinski definition) is 7. The van der Waals surface area contributed by atoms with Gasteiger partial charge in [-0.15, -0.1) is 11.8 Å². The number of hydrogen-bond donors (Lipinski definition) is 3. The zero-order valence-electron chi connectivity index (χ0n) is 14.0. The van der Waals surface area contributed by atoms with Crippen molar-refractivity contribution >= 4 is 52.9 Å². The summed E-state index contributed by atoms with van der Waals surface area (Å²) in [4.78, 5) is 30.6. The molecule has 0 unspecified atom stereocenters. The van der Waals surface area contributed by atoms with E-state index in [1.165, 1.54) is 18.8 Å². The predicted octanol–water partition coefficient (Wildman–Crippen LogP) is 2.34. The summed E-state index contributed by atoms with van der Waals surface area (Å²) in [6, 6.07) is 4.86. The first-order valence-electron chi connectivity index (χ1n) is 7.08. The van der Waals surface area contributed by atoms with E-state index in [1.54, 1.807) is 24.5 Å². The third-order valence-corrected chi connectivity index (χ3v) is 4.39. The third-order valence-electron chi connectivity index (χ3n) is 2.97. The molecule has 26 heavy (non-hydrogen) atoms. The van der Waals surface area contributed by atoms with Gasteiger partial charge in [-0.25, -0.2) is 9.97 Å². The molecule has 0 atom stereocenters. The molecule has 0 radical (unpaired) electrons. The van der Waals surface area contributed by atoms with Gasteiger partial charge in [0, 0.05) is 17.3 Å². The van der Waals surface area contributed by atoms with Crippen LogP contribution in [0.4, 0.5) is 0 Å². The monoisotopic (exact) mass is 413 g/mol. The molecule has 138 valence electrons. The number of nitrogens with zero attached hydrogens (tertiary/aromatic N) is 2. The lowest BCUT2D eigenvalue weighted by molar-refractivity contribution is -0.113. The van der Waals surface area contributed by atoms with E-state index < -0.39 is 5.91 Å². The first-order valence-corrected chi connectivity index (χ1v) is 9.06. The minimum atomic E-state index is -0.709. The number of nitrogens with two attached hydrogens (primary N) is 3. The Hall–Kier alpha value is -2.13. The maximum atomic E-state index is 11.2. The van der Waals surface area contributed by atoms with Gasteiger partial charge in [-0.2, -0.15) is 0 Å². The number of carbonyl (C=O) groups is 2. The Labute approximate surface area is 165 Å². The summed E-state index contributed by atoms with van der Waals surface area (Å²) in [5, 5.41) is 1.12. The minimum Gasteiger partial charge on any atom is -0.398 e. The van der Waals surface area contributed by atoms with Gasteiger partial charge in [0.25, 0.3) is 0 Å². The summed E-state index contributed by atoms with van der Waals surface area (Å²) in [5.41, 5.74) is 17.1. The van der Waals surface area contributed by atoms with Crippen LogP contribution in [0.2, 0.25) is 10.0 Å². The van der Waals surface area contributed by atoms with Crippen LogP contribution in [-0.4, -0.2) is 35.5 Å². The smallest absolute Gasteiger partial charge is 0.243 e. The van der Waals surface area contributed by atoms with Gasteiger partial charge in [0.2, 0.25) is 5.91 Å². The first-order chi connectivity index (χ1) is 12.4. The van der Waals surface area contributed by atoms with E-state index in [9.17, 15) is 9.59 Å². The highest BCUT2D eigenvalue weighted by molar-refractivity contribution is 7.98. The Morgan fingerprint density at radius 2 is 1.81 bits per heavy atom. The lowest BCUT2D eigenvalue weighted by atomic mass is 10.0. The van der Waals surface area contributed by atoms with Crippen LogP contribution in [0, 0.1) is 0 Å². The molecule has 0 aliphatic carbocycles. The summed E-state index contributed by atoms with van der Waals surface area (Å²) in [6.07, 6.45) is 3.36. The first kappa shape index (κ1) is 21.9. The van der Waals surface area contributed by atoms with Crippen molar-refractivity contribution in [2.45, 2.75) is 5.03 Å². The number of benzene rings is 1. The van der Waals surface area contributed by atoms with Crippen molar-refractivity contribution in [1.29, 1.82) is 0 Å². The number of carbonyl (C=O) groups excluding carboxylic acids is 2. The van der Waals surface area contributed by atoms with Crippen LogP contribution in [0.15, 0.2) is 29.3 Å². The molecule has 1 heterocycles. The number of amides is 1. The molecule has 6 N–H and O–H groups in total. The van der Waals surface area contributed by atoms with E-state index in [0.29, 0.717) is 38.2 Å². The molecule has 0 saturated heterocycles. The highest BCUT2D eigenvalue weighted by Gasteiger charge is 2.19. The van der Waals surface area contributed by atoms with Gasteiger partial charge in [-0.1, -0.05) is 29.3 Å². The van der Waals surface area contributed by atoms with Crippen molar-refractivity contribution < 1.29 is 9.59 Å². The predicted molar refractivity (Wildman–Crippen MR) is 106 cm³/mol. The third kappa shape index (κ3) is 5.18. The maximum absolute atomic E-state index is 11.2. The zero-order valence-corrected chi connectivity index (χ0v) is 16.3. The standard InChI is InChI=1S/C15H12Cl2N4O2S.CH5N/c1-24-15-13(10(18)5-11(19)23)14(20-12(6-22)21-15)7-2-3-8(16)9(17)4-7;1-2/h2-6H,18H2,1H3,(H2,19,23);2H2,1H3/b10-5-;. The second kappa shape index (κ2) is 10.1. The fourth-order valence-corrected chi connectivity index (χ4v) is 2.90. The molecule has 1 aromatic heterocycles. The molecule has 1 amide bonds. The van der Waals surface area contributed by atoms with Gasteiger partial charge in [-0.3, -0.25) is 9.59 Å². The lowest BCUT2D eigenvalue weighted by Crippen LogP contribution is -2.13. The average molecular weight is 414 g/mol. The lowest BCUT2D eigenvalue weighted by Gasteiger charge is -2.14. The van der Waals surface area contributed by atoms with Crippen LogP contribution in [0.25, 0.3) is 17.0 Å². The summed E-state index contributed by atoms with van der Waals surface area (Å²) < 4.78 is 0. The average Bonchev–Trinajstić information content (AvgIpc) is 2.63. The molecular formula is C16H17Cl2N5O2S. The zero-order chi connectivity index (χ0) is 19.9. The summed E-state index contributed by atoms with van der Waals surface area (Å²) in [7, 11) is 1.50. The molecule has 0 saturated carbocycles. The Kier molecular flexibility index (Phi) is 8.53. The van der Waals surface area contributed by atoms with Gasteiger partial charge in [0.15, 0.2) is 12.1 Å². The van der Waals surface area contributed by atoms with E-state index >= 15 is 0 Å². The van der Waals surface area contributed by atoms with Crippen LogP contribution < -0.4 is 17.2 Å². The molecule has 0 bridgehead atoms. The van der Waals surface area contributed by atoms with Crippen molar-refractivity contribution in [3.05, 3.63) is 45.7 Å². The van der Waals surface area contributed by atoms with E-state index in [1.807, 2.05) is 0 Å². The summed E-state index contributed by atoms with van der Waals surface area (Å²) in [6.45, 7) is 0. The highest BCUT2D eigenvalue weighted by atomic mass is 35.5. The van der Waals surface area contributed by atoms with Crippen molar-refractivity contribution in [2.75, 3.05) is 13.3 Å². The number of halogens is 2. The van der Waals surface area contributed by atoms with Crippen LogP contribution >= 0.6 is 35.0 Å². The van der Waals surface area contributed by atoms with Gasteiger partial charge in [-0.05, 0) is 25.4 Å². The fraction of sp³-hybridized carbons (Fsp3) is 0.125. The maximum Gasteiger partial charge on any atom is 0.243 e. The fourth-order valence-electron chi connectivity index (χ4n) is 2.00. The molecule has 0 aliphatic heterocycles. The molecule has 2 aromatic rings. The van der Waals surface area contributed by atoms with E-state index in [2.05, 4.69) is 15.7 Å². The molecule has 2 rings (SSSR count). The van der Waals surface area contributed by atoms with E-state index in [-0.39, 0.29) is 11.5 Å². The topological polar surface area (TPSA) is 138 Å². The second-order valence-corrected chi connectivity index (χ2v) is 6.17. The van der Waals surface area contributed by atoms with E-state index in [0.717, 1.165) is 6.08 Å². The molecular weight excluding hydrogens is 397 g/mol. The molecule has 0 spiro atoms. The molecule has 0 fully saturated rings. The molecule has 10 heteroatoms. The number of rotatable bonds is 5. The van der Waals surface area contributed by atoms with Gasteiger partial charge >= 0.3 is 0 Å². The highest BCUT2D eigenvalue weighted by Crippen LogP contribution is 2.34. The molecule has 0 aliphatic rings. The SMILES string of the molecule is CN.CSc1nc(C=O)nc(-c2ccc(Cl)c(Cl)c2)c1/C(N)=C/C(N)=O. The van der Waals surface area contributed by atoms with E-state index in [4.69, 9.17) is 34.7 Å². The van der Waals surface area contributed by atoms with Crippen molar-refractivity contribution in [3.8, 4) is 11.3 Å². The second-order valence-electron chi connectivity index (χ2n) is 4.56. The van der Waals surface area contributed by atoms with Gasteiger partial charge in [0.1, 0.15) is 5.03 Å². The van der Waals surface area contributed by atoms with Gasteiger partial charge in [0.05, 0.1) is 21.3 Å². The van der Waals surface area contributed by atoms with Crippen LogP contribution in [0.3, 0.4) is 0 Å². The number of aldehydes is 1. The Morgan fingerprint density at radius 1 is 1.15 bits per heavy atom. The van der Waals surface area contributed by atoms with Crippen molar-refractivity contribution in [3.63, 3.8) is 0 Å². The largest absolute Gasteiger partial charge is 0.398 e. The normalized spacial score (nSPS) is 10.7. The number of thioether (sulfide) groups is 1. The van der Waals surface area contributed by atoms with Crippen molar-refractivity contribution in [1.82, 2.24) is 9.97 Å². The molecule has 1 aromatic carbocycles. The minimum absolute atomic E-state index is 0.0175. The van der Waals surface area contributed by atoms with Gasteiger partial charge < -0.3 is 17.2 Å². The Balaban J connectivity index is 0.00000163. The summed E-state index contributed by atoms with van der Waals surface area (Å²) >= 11 is 13.2.